The summed E-state index contributed by atoms with van der Waals surface area (Å²) in [6, 6.07) is 0. The van der Waals surface area contributed by atoms with Crippen molar-refractivity contribution in [2.24, 2.45) is 10.4 Å². The second-order valence-electron chi connectivity index (χ2n) is 6.29. The van der Waals surface area contributed by atoms with E-state index in [1.807, 2.05) is 32.6 Å². The van der Waals surface area contributed by atoms with Gasteiger partial charge in [0, 0.05) is 18.2 Å². The first-order valence-corrected chi connectivity index (χ1v) is 7.05. The summed E-state index contributed by atoms with van der Waals surface area (Å²) in [4.78, 5) is 30.9. The van der Waals surface area contributed by atoms with Gasteiger partial charge in [0.25, 0.3) is 0 Å². The van der Waals surface area contributed by atoms with E-state index in [9.17, 15) is 4.79 Å². The predicted octanol–water partition coefficient (Wildman–Crippen LogP) is 2.43. The van der Waals surface area contributed by atoms with Crippen molar-refractivity contribution in [2.45, 2.75) is 27.7 Å². The molecule has 2 aromatic heterocycles. The summed E-state index contributed by atoms with van der Waals surface area (Å²) in [5.41, 5.74) is 1.42. The first-order chi connectivity index (χ1) is 9.88. The van der Waals surface area contributed by atoms with Gasteiger partial charge in [0.1, 0.15) is 11.4 Å². The molecule has 6 nitrogen and oxygen atoms in total. The number of aromatic amines is 1. The standard InChI is InChI=1S/C15H19N5O/c1-9-16-5-6-20(9)11-8-18-14-12(19-11)10(7-17-14)13(21)15(2,3)4/h7-8H,5-6H2,1-4H3,(H,17,18). The topological polar surface area (TPSA) is 74.2 Å². The van der Waals surface area contributed by atoms with Crippen molar-refractivity contribution >= 4 is 28.6 Å². The number of Topliss-reactive ketones (excluding diaryl/α,β-unsaturated/α-hetero) is 1. The molecular formula is C15H19N5O. The number of rotatable bonds is 2. The number of H-pyrrole nitrogens is 1. The van der Waals surface area contributed by atoms with Crippen LogP contribution >= 0.6 is 0 Å². The SMILES string of the molecule is CC1=NCCN1c1cnc2[nH]cc(C(=O)C(C)(C)C)c2n1. The average molecular weight is 285 g/mol. The zero-order valence-corrected chi connectivity index (χ0v) is 12.8. The van der Waals surface area contributed by atoms with Crippen molar-refractivity contribution in [3.8, 4) is 0 Å². The van der Waals surface area contributed by atoms with E-state index in [4.69, 9.17) is 0 Å². The summed E-state index contributed by atoms with van der Waals surface area (Å²) in [5.74, 6) is 1.73. The number of carbonyl (C=O) groups is 1. The van der Waals surface area contributed by atoms with Crippen LogP contribution in [0.2, 0.25) is 0 Å². The van der Waals surface area contributed by atoms with Gasteiger partial charge in [-0.3, -0.25) is 9.79 Å². The largest absolute Gasteiger partial charge is 0.344 e. The Hall–Kier alpha value is -2.24. The Morgan fingerprint density at radius 3 is 2.76 bits per heavy atom. The number of aromatic nitrogens is 3. The Morgan fingerprint density at radius 2 is 2.14 bits per heavy atom. The Balaban J connectivity index is 2.08. The van der Waals surface area contributed by atoms with Crippen LogP contribution in [0.4, 0.5) is 5.82 Å². The third-order valence-electron chi connectivity index (χ3n) is 3.63. The van der Waals surface area contributed by atoms with E-state index in [1.165, 1.54) is 0 Å². The van der Waals surface area contributed by atoms with E-state index in [0.29, 0.717) is 16.7 Å². The minimum Gasteiger partial charge on any atom is -0.344 e. The Bertz CT molecular complexity index is 738. The van der Waals surface area contributed by atoms with E-state index in [0.717, 1.165) is 24.7 Å². The number of hydrogen-bond donors (Lipinski definition) is 1. The number of fused-ring (bicyclic) bond motifs is 1. The molecule has 0 saturated carbocycles. The number of carbonyl (C=O) groups excluding carboxylic acids is 1. The molecule has 21 heavy (non-hydrogen) atoms. The maximum atomic E-state index is 12.5. The average Bonchev–Trinajstić information content (AvgIpc) is 3.02. The highest BCUT2D eigenvalue weighted by molar-refractivity contribution is 6.08. The molecule has 0 atom stereocenters. The maximum absolute atomic E-state index is 12.5. The molecular weight excluding hydrogens is 266 g/mol. The molecule has 1 aliphatic heterocycles. The lowest BCUT2D eigenvalue weighted by Gasteiger charge is -2.17. The van der Waals surface area contributed by atoms with Gasteiger partial charge in [-0.1, -0.05) is 20.8 Å². The second-order valence-corrected chi connectivity index (χ2v) is 6.29. The Kier molecular flexibility index (Phi) is 3.04. The fourth-order valence-electron chi connectivity index (χ4n) is 2.43. The van der Waals surface area contributed by atoms with Crippen molar-refractivity contribution in [3.05, 3.63) is 18.0 Å². The van der Waals surface area contributed by atoms with E-state index >= 15 is 0 Å². The van der Waals surface area contributed by atoms with Gasteiger partial charge in [0.05, 0.1) is 18.3 Å². The molecule has 1 aliphatic rings. The molecule has 0 saturated heterocycles. The van der Waals surface area contributed by atoms with Crippen LogP contribution in [0, 0.1) is 5.41 Å². The Labute approximate surface area is 123 Å². The minimum absolute atomic E-state index is 0.0620. The molecule has 110 valence electrons. The van der Waals surface area contributed by atoms with Gasteiger partial charge in [-0.25, -0.2) is 9.97 Å². The van der Waals surface area contributed by atoms with Gasteiger partial charge in [0.15, 0.2) is 17.2 Å². The summed E-state index contributed by atoms with van der Waals surface area (Å²) in [6.07, 6.45) is 3.42. The number of amidine groups is 1. The number of anilines is 1. The summed E-state index contributed by atoms with van der Waals surface area (Å²) in [5, 5.41) is 0. The number of hydrogen-bond acceptors (Lipinski definition) is 5. The summed E-state index contributed by atoms with van der Waals surface area (Å²) >= 11 is 0. The zero-order valence-electron chi connectivity index (χ0n) is 12.8. The highest BCUT2D eigenvalue weighted by Crippen LogP contribution is 2.26. The van der Waals surface area contributed by atoms with Crippen LogP contribution in [0.1, 0.15) is 38.1 Å². The molecule has 0 fully saturated rings. The highest BCUT2D eigenvalue weighted by atomic mass is 16.1. The van der Waals surface area contributed by atoms with Gasteiger partial charge in [-0.05, 0) is 6.92 Å². The van der Waals surface area contributed by atoms with Gasteiger partial charge >= 0.3 is 0 Å². The smallest absolute Gasteiger partial charge is 0.171 e. The fraction of sp³-hybridized carbons (Fsp3) is 0.467. The van der Waals surface area contributed by atoms with Crippen LogP contribution in [0.25, 0.3) is 11.2 Å². The molecule has 0 unspecified atom stereocenters. The minimum atomic E-state index is -0.447. The molecule has 0 aromatic carbocycles. The summed E-state index contributed by atoms with van der Waals surface area (Å²) < 4.78 is 0. The van der Waals surface area contributed by atoms with Crippen LogP contribution in [-0.2, 0) is 0 Å². The molecule has 0 amide bonds. The lowest BCUT2D eigenvalue weighted by atomic mass is 9.87. The van der Waals surface area contributed by atoms with Crippen LogP contribution in [0.15, 0.2) is 17.4 Å². The van der Waals surface area contributed by atoms with Crippen molar-refractivity contribution < 1.29 is 4.79 Å². The highest BCUT2D eigenvalue weighted by Gasteiger charge is 2.27. The molecule has 0 bridgehead atoms. The van der Waals surface area contributed by atoms with Crippen molar-refractivity contribution in [1.82, 2.24) is 15.0 Å². The monoisotopic (exact) mass is 285 g/mol. The second kappa shape index (κ2) is 4.65. The van der Waals surface area contributed by atoms with Gasteiger partial charge in [0.2, 0.25) is 0 Å². The molecule has 3 rings (SSSR count). The number of nitrogens with one attached hydrogen (secondary N) is 1. The van der Waals surface area contributed by atoms with Crippen LogP contribution < -0.4 is 4.90 Å². The first-order valence-electron chi connectivity index (χ1n) is 7.05. The van der Waals surface area contributed by atoms with E-state index < -0.39 is 5.41 Å². The van der Waals surface area contributed by atoms with E-state index in [1.54, 1.807) is 12.4 Å². The number of aliphatic imine (C=N–C) groups is 1. The van der Waals surface area contributed by atoms with E-state index in [-0.39, 0.29) is 5.78 Å². The first kappa shape index (κ1) is 13.7. The molecule has 2 aromatic rings. The quantitative estimate of drug-likeness (QED) is 0.860. The van der Waals surface area contributed by atoms with Crippen molar-refractivity contribution in [1.29, 1.82) is 0 Å². The third kappa shape index (κ3) is 2.30. The van der Waals surface area contributed by atoms with Gasteiger partial charge in [-0.15, -0.1) is 0 Å². The zero-order chi connectivity index (χ0) is 15.2. The normalized spacial score (nSPS) is 15.6. The lowest BCUT2D eigenvalue weighted by molar-refractivity contribution is 0.0860. The lowest BCUT2D eigenvalue weighted by Crippen LogP contribution is -2.26. The number of nitrogens with zero attached hydrogens (tertiary/aromatic N) is 4. The molecule has 1 N–H and O–H groups in total. The third-order valence-corrected chi connectivity index (χ3v) is 3.63. The summed E-state index contributed by atoms with van der Waals surface area (Å²) in [7, 11) is 0. The fourth-order valence-corrected chi connectivity index (χ4v) is 2.43. The van der Waals surface area contributed by atoms with Crippen molar-refractivity contribution in [2.75, 3.05) is 18.0 Å². The summed E-state index contributed by atoms with van der Waals surface area (Å²) in [6.45, 7) is 9.25. The molecule has 6 heteroatoms. The van der Waals surface area contributed by atoms with E-state index in [2.05, 4.69) is 19.9 Å². The predicted molar refractivity (Wildman–Crippen MR) is 83.0 cm³/mol. The van der Waals surface area contributed by atoms with Gasteiger partial charge in [-0.2, -0.15) is 0 Å². The molecule has 0 radical (unpaired) electrons. The number of ketones is 1. The van der Waals surface area contributed by atoms with Crippen LogP contribution in [0.3, 0.4) is 0 Å². The maximum Gasteiger partial charge on any atom is 0.171 e. The van der Waals surface area contributed by atoms with Crippen LogP contribution in [0.5, 0.6) is 0 Å². The van der Waals surface area contributed by atoms with Crippen molar-refractivity contribution in [3.63, 3.8) is 0 Å². The molecule has 0 aliphatic carbocycles. The molecule has 3 heterocycles. The molecule has 0 spiro atoms. The van der Waals surface area contributed by atoms with Gasteiger partial charge < -0.3 is 9.88 Å². The Morgan fingerprint density at radius 1 is 1.38 bits per heavy atom. The van der Waals surface area contributed by atoms with Crippen LogP contribution in [-0.4, -0.2) is 39.7 Å².